The highest BCUT2D eigenvalue weighted by molar-refractivity contribution is 7.98. The lowest BCUT2D eigenvalue weighted by Crippen LogP contribution is -2.41. The molecule has 2 aromatic carbocycles. The summed E-state index contributed by atoms with van der Waals surface area (Å²) in [6.45, 7) is 15.6. The second-order valence-corrected chi connectivity index (χ2v) is 19.8. The average Bonchev–Trinajstić information content (AvgIpc) is 4.03. The molecule has 11 rings (SSSR count). The number of nitrogens with zero attached hydrogens (tertiary/aromatic N) is 7. The third-order valence-corrected chi connectivity index (χ3v) is 15.6. The molecule has 4 fully saturated rings. The molecule has 6 aliphatic rings. The molecule has 9 heterocycles. The van der Waals surface area contributed by atoms with E-state index in [-0.39, 0.29) is 11.8 Å². The number of anilines is 1. The average molecular weight is 936 g/mol. The Morgan fingerprint density at radius 2 is 1.27 bits per heavy atom. The van der Waals surface area contributed by atoms with Gasteiger partial charge >= 0.3 is 0 Å². The van der Waals surface area contributed by atoms with Gasteiger partial charge in [0.2, 0.25) is 0 Å². The van der Waals surface area contributed by atoms with Crippen LogP contribution in [0, 0.1) is 6.92 Å². The first kappa shape index (κ1) is 47.6. The number of fused-ring (bicyclic) bond motifs is 6. The highest BCUT2D eigenvalue weighted by Gasteiger charge is 2.32. The maximum Gasteiger partial charge on any atom is 0.272 e. The van der Waals surface area contributed by atoms with E-state index in [4.69, 9.17) is 9.47 Å². The summed E-state index contributed by atoms with van der Waals surface area (Å²) in [7, 11) is -1.14. The highest BCUT2D eigenvalue weighted by Crippen LogP contribution is 2.43. The number of ether oxygens (including phenoxy) is 2. The van der Waals surface area contributed by atoms with Crippen molar-refractivity contribution in [2.75, 3.05) is 90.2 Å². The van der Waals surface area contributed by atoms with Crippen LogP contribution in [0.2, 0.25) is 0 Å². The number of aromatic amines is 2. The number of thioether (sulfide) groups is 1. The monoisotopic (exact) mass is 935 g/mol. The van der Waals surface area contributed by atoms with E-state index in [9.17, 15) is 13.8 Å². The van der Waals surface area contributed by atoms with Gasteiger partial charge in [-0.1, -0.05) is 56.2 Å². The highest BCUT2D eigenvalue weighted by atomic mass is 32.2. The predicted molar refractivity (Wildman–Crippen MR) is 261 cm³/mol. The van der Waals surface area contributed by atoms with Gasteiger partial charge in [0.15, 0.2) is 0 Å². The van der Waals surface area contributed by atoms with Gasteiger partial charge in [0.1, 0.15) is 11.4 Å². The molecule has 14 nitrogen and oxygen atoms in total. The number of nitrogens with one attached hydrogen (secondary N) is 2. The Labute approximate surface area is 396 Å². The van der Waals surface area contributed by atoms with E-state index in [0.717, 1.165) is 44.3 Å². The first-order valence-corrected chi connectivity index (χ1v) is 26.2. The minimum Gasteiger partial charge on any atom is -0.378 e. The van der Waals surface area contributed by atoms with Crippen molar-refractivity contribution in [3.05, 3.63) is 95.1 Å². The van der Waals surface area contributed by atoms with Gasteiger partial charge in [0.05, 0.1) is 54.4 Å². The van der Waals surface area contributed by atoms with E-state index < -0.39 is 10.8 Å². The zero-order valence-corrected chi connectivity index (χ0v) is 40.2. The largest absolute Gasteiger partial charge is 0.378 e. The van der Waals surface area contributed by atoms with Gasteiger partial charge in [-0.15, -0.1) is 11.8 Å². The van der Waals surface area contributed by atoms with Crippen molar-refractivity contribution < 1.29 is 23.3 Å². The van der Waals surface area contributed by atoms with E-state index in [2.05, 4.69) is 73.3 Å². The number of rotatable bonds is 6. The van der Waals surface area contributed by atoms with Crippen LogP contribution in [-0.2, 0) is 31.8 Å². The summed E-state index contributed by atoms with van der Waals surface area (Å²) < 4.78 is 23.0. The van der Waals surface area contributed by atoms with Crippen LogP contribution < -0.4 is 4.90 Å². The van der Waals surface area contributed by atoms with E-state index >= 15 is 0 Å². The number of morpholine rings is 2. The number of amides is 2. The summed E-state index contributed by atoms with van der Waals surface area (Å²) in [6.07, 6.45) is 14.9. The standard InChI is InChI=1S/C16H17N3O2S.C15H15N3O3S.C10H14N2.C9H19N/c1-10-3-2-4-11-13-12(9-22-15(10)11)14(18-17-13)16(20)19-5-7-21-8-6-19;19-15(18-5-7-21-8-6-18)14-11-9-22(20)12-4-2-1-3-10(12)13(11)16-17-14;1-2-8-12(9-3-1)10-4-6-11-7-5-10;1-2-3-7-10-8-5-4-6-9-10/h2-4H,5-9H2,1H3,(H,17,18);1-4H,5-9H2,(H,16,17);4-7H,1-3,8-9H2;2-9H2,1H3. The van der Waals surface area contributed by atoms with Crippen LogP contribution in [0.3, 0.4) is 0 Å². The third kappa shape index (κ3) is 11.6. The minimum atomic E-state index is -1.14. The Balaban J connectivity index is 0.000000126. The molecule has 6 aliphatic heterocycles. The summed E-state index contributed by atoms with van der Waals surface area (Å²) in [6, 6.07) is 17.9. The third-order valence-electron chi connectivity index (χ3n) is 12.9. The summed E-state index contributed by atoms with van der Waals surface area (Å²) in [5.41, 5.74) is 9.11. The van der Waals surface area contributed by atoms with Gasteiger partial charge < -0.3 is 29.1 Å². The van der Waals surface area contributed by atoms with Crippen LogP contribution in [0.25, 0.3) is 22.5 Å². The van der Waals surface area contributed by atoms with Gasteiger partial charge in [-0.05, 0) is 88.8 Å². The number of H-pyrrole nitrogens is 2. The van der Waals surface area contributed by atoms with Crippen molar-refractivity contribution in [2.24, 2.45) is 0 Å². The number of aromatic nitrogens is 5. The van der Waals surface area contributed by atoms with Crippen molar-refractivity contribution in [1.29, 1.82) is 0 Å². The Kier molecular flexibility index (Phi) is 17.1. The van der Waals surface area contributed by atoms with Crippen molar-refractivity contribution in [2.45, 2.75) is 86.5 Å². The number of pyridine rings is 1. The molecule has 1 atom stereocenters. The summed E-state index contributed by atoms with van der Waals surface area (Å²) in [4.78, 5) is 40.1. The van der Waals surface area contributed by atoms with Crippen molar-refractivity contribution >= 4 is 40.1 Å². The molecule has 3 aromatic heterocycles. The minimum absolute atomic E-state index is 0.0359. The fourth-order valence-corrected chi connectivity index (χ4v) is 11.7. The molecule has 2 amide bonds. The molecular formula is C50H65N9O5S2. The number of likely N-dealkylation sites (tertiary alicyclic amines) is 1. The van der Waals surface area contributed by atoms with Crippen LogP contribution in [0.5, 0.6) is 0 Å². The van der Waals surface area contributed by atoms with E-state index in [1.54, 1.807) is 16.7 Å². The first-order valence-electron chi connectivity index (χ1n) is 23.9. The number of carbonyl (C=O) groups excluding carboxylic acids is 2. The summed E-state index contributed by atoms with van der Waals surface area (Å²) in [5, 5.41) is 14.6. The van der Waals surface area contributed by atoms with E-state index in [1.807, 2.05) is 47.6 Å². The van der Waals surface area contributed by atoms with Crippen LogP contribution in [0.1, 0.15) is 96.0 Å². The normalized spacial score (nSPS) is 18.9. The zero-order valence-electron chi connectivity index (χ0n) is 38.6. The number of carbonyl (C=O) groups is 2. The van der Waals surface area contributed by atoms with Crippen LogP contribution in [0.4, 0.5) is 5.69 Å². The maximum absolute atomic E-state index is 12.7. The van der Waals surface area contributed by atoms with Crippen LogP contribution >= 0.6 is 11.8 Å². The quantitative estimate of drug-likeness (QED) is 0.171. The van der Waals surface area contributed by atoms with Gasteiger partial charge in [0.25, 0.3) is 11.8 Å². The zero-order chi connectivity index (χ0) is 45.7. The molecular weight excluding hydrogens is 871 g/mol. The molecule has 352 valence electrons. The molecule has 0 bridgehead atoms. The Morgan fingerprint density at radius 3 is 1.91 bits per heavy atom. The van der Waals surface area contributed by atoms with Crippen molar-refractivity contribution in [1.82, 2.24) is 40.1 Å². The molecule has 0 saturated carbocycles. The molecule has 1 unspecified atom stereocenters. The Bertz CT molecular complexity index is 2380. The summed E-state index contributed by atoms with van der Waals surface area (Å²) in [5.74, 6) is 1.06. The van der Waals surface area contributed by atoms with Gasteiger partial charge in [0, 0.05) is 95.1 Å². The van der Waals surface area contributed by atoms with Crippen LogP contribution in [0.15, 0.2) is 76.8 Å². The second kappa shape index (κ2) is 23.7. The SMILES string of the molecule is CCCCN1CCCCC1.Cc1cccc2c1SCc1c-2n[nH]c1C(=O)N1CCOCC1.O=C(c1[nH]nc2c1CS(=O)c1ccccc1-2)N1CCOCC1.c1cc(N2CCCCC2)ccn1. The number of unbranched alkanes of at least 4 members (excludes halogenated alkanes) is 1. The van der Waals surface area contributed by atoms with Gasteiger partial charge in [-0.3, -0.25) is 29.0 Å². The number of hydrogen-bond donors (Lipinski definition) is 2. The van der Waals surface area contributed by atoms with Gasteiger partial charge in [-0.25, -0.2) is 0 Å². The lowest BCUT2D eigenvalue weighted by Gasteiger charge is -2.28. The Hall–Kier alpha value is -4.87. The summed E-state index contributed by atoms with van der Waals surface area (Å²) >= 11 is 1.79. The molecule has 0 aliphatic carbocycles. The fraction of sp³-hybridized carbons (Fsp3) is 0.500. The maximum atomic E-state index is 12.7. The van der Waals surface area contributed by atoms with E-state index in [1.165, 1.54) is 100 Å². The first-order chi connectivity index (χ1) is 32.4. The van der Waals surface area contributed by atoms with Gasteiger partial charge in [-0.2, -0.15) is 10.2 Å². The lowest BCUT2D eigenvalue weighted by molar-refractivity contribution is 0.0297. The number of benzene rings is 2. The molecule has 2 N–H and O–H groups in total. The number of piperidine rings is 2. The Morgan fingerprint density at radius 1 is 0.697 bits per heavy atom. The topological polar surface area (TPSA) is 153 Å². The number of aryl methyl sites for hydroxylation is 1. The van der Waals surface area contributed by atoms with Crippen molar-refractivity contribution in [3.8, 4) is 22.5 Å². The second-order valence-electron chi connectivity index (χ2n) is 17.4. The molecule has 4 saturated heterocycles. The molecule has 0 radical (unpaired) electrons. The molecule has 66 heavy (non-hydrogen) atoms. The van der Waals surface area contributed by atoms with Crippen molar-refractivity contribution in [3.63, 3.8) is 0 Å². The molecule has 16 heteroatoms. The number of hydrogen-bond acceptors (Lipinski definition) is 11. The van der Waals surface area contributed by atoms with Crippen LogP contribution in [-0.4, -0.2) is 141 Å². The predicted octanol–water partition coefficient (Wildman–Crippen LogP) is 7.98. The fourth-order valence-electron chi connectivity index (χ4n) is 9.18. The van der Waals surface area contributed by atoms with E-state index in [0.29, 0.717) is 69.7 Å². The molecule has 5 aromatic rings. The lowest BCUT2D eigenvalue weighted by atomic mass is 10.0. The smallest absolute Gasteiger partial charge is 0.272 e. The molecule has 0 spiro atoms.